The molecule has 0 aromatic carbocycles. The minimum atomic E-state index is 0.858. The number of nitrogens with zero attached hydrogens (tertiary/aromatic N) is 2. The molecule has 0 spiro atoms. The van der Waals surface area contributed by atoms with Crippen LogP contribution in [0.3, 0.4) is 0 Å². The van der Waals surface area contributed by atoms with Gasteiger partial charge in [-0.1, -0.05) is 0 Å². The molecule has 0 radical (unpaired) electrons. The molecule has 0 amide bonds. The Morgan fingerprint density at radius 3 is 2.50 bits per heavy atom. The smallest absolute Gasteiger partial charge is 0.0514 e. The number of piperazine rings is 1. The number of hydrogen-bond acceptors (Lipinski definition) is 3. The molecule has 1 heterocycles. The van der Waals surface area contributed by atoms with E-state index in [2.05, 4.69) is 26.3 Å². The van der Waals surface area contributed by atoms with Gasteiger partial charge in [-0.05, 0) is 13.5 Å². The molecule has 0 saturated carbocycles. The lowest BCUT2D eigenvalue weighted by Gasteiger charge is -2.32. The second-order valence-corrected chi connectivity index (χ2v) is 3.70. The first-order chi connectivity index (χ1) is 5.83. The van der Waals surface area contributed by atoms with Gasteiger partial charge in [0.1, 0.15) is 0 Å². The van der Waals surface area contributed by atoms with Crippen LogP contribution in [0.2, 0.25) is 0 Å². The highest BCUT2D eigenvalue weighted by molar-refractivity contribution is 7.09. The van der Waals surface area contributed by atoms with Gasteiger partial charge in [0.25, 0.3) is 0 Å². The first-order valence-corrected chi connectivity index (χ1v) is 5.02. The van der Waals surface area contributed by atoms with Gasteiger partial charge in [-0.15, -0.1) is 0 Å². The van der Waals surface area contributed by atoms with E-state index in [-0.39, 0.29) is 0 Å². The van der Waals surface area contributed by atoms with Crippen molar-refractivity contribution in [3.63, 3.8) is 0 Å². The molecule has 1 aliphatic heterocycles. The average molecular weight is 190 g/mol. The summed E-state index contributed by atoms with van der Waals surface area (Å²) in [5.74, 6) is 0. The fourth-order valence-corrected chi connectivity index (χ4v) is 1.61. The van der Waals surface area contributed by atoms with Crippen molar-refractivity contribution >= 4 is 9.47 Å². The van der Waals surface area contributed by atoms with Crippen LogP contribution in [0.15, 0.2) is 0 Å². The van der Waals surface area contributed by atoms with Gasteiger partial charge < -0.3 is 14.3 Å². The van der Waals surface area contributed by atoms with Crippen molar-refractivity contribution < 1.29 is 4.52 Å². The zero-order valence-corrected chi connectivity index (χ0v) is 8.98. The molecule has 3 nitrogen and oxygen atoms in total. The molecule has 1 fully saturated rings. The van der Waals surface area contributed by atoms with Crippen LogP contribution in [0.5, 0.6) is 0 Å². The zero-order chi connectivity index (χ0) is 8.81. The van der Waals surface area contributed by atoms with Crippen LogP contribution in [-0.2, 0) is 4.52 Å². The number of hydrogen-bond donors (Lipinski definition) is 0. The summed E-state index contributed by atoms with van der Waals surface area (Å²) < 4.78 is 4.93. The van der Waals surface area contributed by atoms with Crippen LogP contribution in [0, 0.1) is 0 Å². The van der Waals surface area contributed by atoms with E-state index in [1.54, 1.807) is 0 Å². The Labute approximate surface area is 77.3 Å². The second kappa shape index (κ2) is 5.87. The van der Waals surface area contributed by atoms with E-state index in [1.165, 1.54) is 32.7 Å². The highest BCUT2D eigenvalue weighted by Gasteiger charge is 2.12. The maximum absolute atomic E-state index is 4.93. The molecule has 1 unspecified atom stereocenters. The van der Waals surface area contributed by atoms with Crippen molar-refractivity contribution in [2.45, 2.75) is 6.42 Å². The Kier molecular flexibility index (Phi) is 5.08. The summed E-state index contributed by atoms with van der Waals surface area (Å²) in [7, 11) is 4.48. The highest BCUT2D eigenvalue weighted by Crippen LogP contribution is 2.00. The molecule has 4 heteroatoms. The molecular formula is C8H19N2OP. The van der Waals surface area contributed by atoms with E-state index in [9.17, 15) is 0 Å². The van der Waals surface area contributed by atoms with Gasteiger partial charge in [0.2, 0.25) is 0 Å². The summed E-state index contributed by atoms with van der Waals surface area (Å²) in [5, 5.41) is 0. The van der Waals surface area contributed by atoms with Crippen molar-refractivity contribution in [3.05, 3.63) is 0 Å². The van der Waals surface area contributed by atoms with E-state index < -0.39 is 0 Å². The Balaban J connectivity index is 2.01. The van der Waals surface area contributed by atoms with Crippen molar-refractivity contribution in [2.75, 3.05) is 46.4 Å². The molecule has 0 aliphatic carbocycles. The Morgan fingerprint density at radius 2 is 1.92 bits per heavy atom. The first kappa shape index (κ1) is 10.4. The normalized spacial score (nSPS) is 21.5. The van der Waals surface area contributed by atoms with E-state index >= 15 is 0 Å². The predicted octanol–water partition coefficient (Wildman–Crippen LogP) is 0.431. The van der Waals surface area contributed by atoms with Gasteiger partial charge in [-0.2, -0.15) is 0 Å². The second-order valence-electron chi connectivity index (χ2n) is 3.37. The third kappa shape index (κ3) is 3.81. The average Bonchev–Trinajstić information content (AvgIpc) is 2.09. The number of rotatable bonds is 4. The van der Waals surface area contributed by atoms with Crippen LogP contribution in [-0.4, -0.2) is 56.2 Å². The standard InChI is InChI=1S/C8H19N2OP/c1-9-4-6-10(7-5-9)3-2-8-11-12/h2-8,12H2,1H3. The molecule has 1 rings (SSSR count). The monoisotopic (exact) mass is 190 g/mol. The quantitative estimate of drug-likeness (QED) is 0.472. The van der Waals surface area contributed by atoms with Gasteiger partial charge >= 0.3 is 0 Å². The van der Waals surface area contributed by atoms with Crippen LogP contribution < -0.4 is 0 Å². The molecule has 1 aliphatic rings. The van der Waals surface area contributed by atoms with E-state index in [0.717, 1.165) is 13.0 Å². The van der Waals surface area contributed by atoms with E-state index in [1.807, 2.05) is 0 Å². The Bertz CT molecular complexity index is 116. The van der Waals surface area contributed by atoms with Crippen molar-refractivity contribution in [1.29, 1.82) is 0 Å². The van der Waals surface area contributed by atoms with Crippen LogP contribution in [0.25, 0.3) is 0 Å². The Hall–Kier alpha value is 0.310. The summed E-state index contributed by atoms with van der Waals surface area (Å²) in [6, 6.07) is 0. The molecular weight excluding hydrogens is 171 g/mol. The maximum Gasteiger partial charge on any atom is 0.0514 e. The van der Waals surface area contributed by atoms with E-state index in [0.29, 0.717) is 0 Å². The first-order valence-electron chi connectivity index (χ1n) is 4.55. The van der Waals surface area contributed by atoms with Crippen molar-refractivity contribution in [1.82, 2.24) is 9.80 Å². The molecule has 0 bridgehead atoms. The summed E-state index contributed by atoms with van der Waals surface area (Å²) in [6.07, 6.45) is 1.15. The van der Waals surface area contributed by atoms with Gasteiger partial charge in [0.05, 0.1) is 6.61 Å². The van der Waals surface area contributed by atoms with Crippen LogP contribution in [0.4, 0.5) is 0 Å². The topological polar surface area (TPSA) is 15.7 Å². The summed E-state index contributed by atoms with van der Waals surface area (Å²) in [6.45, 7) is 6.89. The minimum Gasteiger partial charge on any atom is -0.366 e. The minimum absolute atomic E-state index is 0.858. The predicted molar refractivity (Wildman–Crippen MR) is 54.2 cm³/mol. The molecule has 0 aromatic heterocycles. The fraction of sp³-hybridized carbons (Fsp3) is 1.00. The Morgan fingerprint density at radius 1 is 1.25 bits per heavy atom. The van der Waals surface area contributed by atoms with Gasteiger partial charge in [0.15, 0.2) is 0 Å². The van der Waals surface area contributed by atoms with Gasteiger partial charge in [-0.3, -0.25) is 0 Å². The lowest BCUT2D eigenvalue weighted by atomic mass is 10.3. The molecule has 0 aromatic rings. The third-order valence-corrected chi connectivity index (χ3v) is 2.57. The maximum atomic E-state index is 4.93. The van der Waals surface area contributed by atoms with E-state index in [4.69, 9.17) is 4.52 Å². The largest absolute Gasteiger partial charge is 0.366 e. The lowest BCUT2D eigenvalue weighted by molar-refractivity contribution is 0.147. The van der Waals surface area contributed by atoms with Crippen LogP contribution in [0.1, 0.15) is 6.42 Å². The van der Waals surface area contributed by atoms with Gasteiger partial charge in [-0.25, -0.2) is 0 Å². The zero-order valence-electron chi connectivity index (χ0n) is 7.83. The SMILES string of the molecule is CN1CCN(CCCOP)CC1. The summed E-state index contributed by atoms with van der Waals surface area (Å²) in [4.78, 5) is 4.88. The van der Waals surface area contributed by atoms with Gasteiger partial charge in [0, 0.05) is 42.2 Å². The number of likely N-dealkylation sites (N-methyl/N-ethyl adjacent to an activating group) is 1. The summed E-state index contributed by atoms with van der Waals surface area (Å²) >= 11 is 0. The molecule has 12 heavy (non-hydrogen) atoms. The summed E-state index contributed by atoms with van der Waals surface area (Å²) in [5.41, 5.74) is 0. The fourth-order valence-electron chi connectivity index (χ4n) is 1.44. The molecule has 0 N–H and O–H groups in total. The molecule has 1 saturated heterocycles. The molecule has 72 valence electrons. The van der Waals surface area contributed by atoms with Crippen molar-refractivity contribution in [2.24, 2.45) is 0 Å². The van der Waals surface area contributed by atoms with Crippen molar-refractivity contribution in [3.8, 4) is 0 Å². The lowest BCUT2D eigenvalue weighted by Crippen LogP contribution is -2.44. The third-order valence-electron chi connectivity index (χ3n) is 2.33. The van der Waals surface area contributed by atoms with Crippen LogP contribution >= 0.6 is 9.47 Å². The highest BCUT2D eigenvalue weighted by atomic mass is 31.0. The molecule has 1 atom stereocenters.